The van der Waals surface area contributed by atoms with E-state index in [1.807, 2.05) is 17.8 Å². The second-order valence-corrected chi connectivity index (χ2v) is 6.58. The summed E-state index contributed by atoms with van der Waals surface area (Å²) in [5, 5.41) is 11.1. The van der Waals surface area contributed by atoms with E-state index in [9.17, 15) is 4.79 Å². The average molecular weight is 470 g/mol. The zero-order chi connectivity index (χ0) is 14.9. The number of hydrogen-bond acceptors (Lipinski definition) is 3. The van der Waals surface area contributed by atoms with Gasteiger partial charge >= 0.3 is 0 Å². The predicted octanol–water partition coefficient (Wildman–Crippen LogP) is 3.19. The lowest BCUT2D eigenvalue weighted by molar-refractivity contribution is 0.0776. The highest BCUT2D eigenvalue weighted by Crippen LogP contribution is 2.25. The van der Waals surface area contributed by atoms with Crippen molar-refractivity contribution < 1.29 is 4.79 Å². The molecule has 2 aromatic heterocycles. The van der Waals surface area contributed by atoms with Gasteiger partial charge in [0, 0.05) is 19.8 Å². The molecule has 108 valence electrons. The van der Waals surface area contributed by atoms with Crippen LogP contribution in [0.5, 0.6) is 0 Å². The number of carbonyl (C=O) groups is 1. The Kier molecular flexibility index (Phi) is 5.03. The van der Waals surface area contributed by atoms with Gasteiger partial charge in [-0.3, -0.25) is 14.6 Å². The first-order valence-electron chi connectivity index (χ1n) is 5.80. The quantitative estimate of drug-likeness (QED) is 0.747. The summed E-state index contributed by atoms with van der Waals surface area (Å²) in [5.41, 5.74) is 1.15. The fourth-order valence-electron chi connectivity index (χ4n) is 1.63. The highest BCUT2D eigenvalue weighted by Gasteiger charge is 2.21. The van der Waals surface area contributed by atoms with Gasteiger partial charge in [-0.1, -0.05) is 0 Å². The largest absolute Gasteiger partial charge is 0.334 e. The van der Waals surface area contributed by atoms with Gasteiger partial charge in [0.25, 0.3) is 5.91 Å². The van der Waals surface area contributed by atoms with Crippen LogP contribution in [0.2, 0.25) is 0 Å². The Morgan fingerprint density at radius 2 is 2.15 bits per heavy atom. The maximum atomic E-state index is 12.3. The number of nitrogens with zero attached hydrogens (tertiary/aromatic N) is 4. The van der Waals surface area contributed by atoms with Crippen molar-refractivity contribution in [1.29, 1.82) is 0 Å². The fraction of sp³-hybridized carbons (Fsp3) is 0.364. The molecule has 0 unspecified atom stereocenters. The lowest BCUT2D eigenvalue weighted by Gasteiger charge is -2.14. The van der Waals surface area contributed by atoms with Crippen LogP contribution in [0.15, 0.2) is 19.7 Å². The number of amides is 1. The van der Waals surface area contributed by atoms with Crippen molar-refractivity contribution in [3.63, 3.8) is 0 Å². The highest BCUT2D eigenvalue weighted by molar-refractivity contribution is 9.13. The molecule has 1 N–H and O–H groups in total. The summed E-state index contributed by atoms with van der Waals surface area (Å²) >= 11 is 10.0. The van der Waals surface area contributed by atoms with Gasteiger partial charge in [-0.25, -0.2) is 0 Å². The molecule has 1 amide bonds. The molecule has 0 aliphatic heterocycles. The number of halogens is 3. The lowest BCUT2D eigenvalue weighted by Crippen LogP contribution is -2.27. The zero-order valence-electron chi connectivity index (χ0n) is 10.8. The van der Waals surface area contributed by atoms with E-state index in [4.69, 9.17) is 0 Å². The topological polar surface area (TPSA) is 66.8 Å². The van der Waals surface area contributed by atoms with Crippen LogP contribution < -0.4 is 0 Å². The van der Waals surface area contributed by atoms with Gasteiger partial charge in [0.15, 0.2) is 5.69 Å². The molecule has 0 saturated carbocycles. The molecule has 2 rings (SSSR count). The molecule has 0 radical (unpaired) electrons. The molecule has 0 bridgehead atoms. The number of H-pyrrole nitrogens is 1. The third kappa shape index (κ3) is 3.15. The van der Waals surface area contributed by atoms with Gasteiger partial charge in [-0.15, -0.1) is 0 Å². The van der Waals surface area contributed by atoms with Crippen LogP contribution in [-0.4, -0.2) is 37.8 Å². The van der Waals surface area contributed by atoms with E-state index in [1.165, 1.54) is 0 Å². The maximum absolute atomic E-state index is 12.3. The molecule has 2 aromatic rings. The Morgan fingerprint density at radius 1 is 1.45 bits per heavy atom. The van der Waals surface area contributed by atoms with Crippen molar-refractivity contribution >= 4 is 53.7 Å². The summed E-state index contributed by atoms with van der Waals surface area (Å²) in [6.45, 7) is 3.20. The smallest absolute Gasteiger partial charge is 0.275 e. The Bertz CT molecular complexity index is 636. The Balaban J connectivity index is 2.15. The second-order valence-electron chi connectivity index (χ2n) is 4.14. The van der Waals surface area contributed by atoms with E-state index in [0.29, 0.717) is 21.3 Å². The number of aryl methyl sites for hydroxylation is 1. The summed E-state index contributed by atoms with van der Waals surface area (Å²) in [4.78, 5) is 13.9. The molecule has 0 aromatic carbocycles. The van der Waals surface area contributed by atoms with Crippen molar-refractivity contribution in [2.24, 2.45) is 0 Å². The van der Waals surface area contributed by atoms with Gasteiger partial charge in [0.2, 0.25) is 0 Å². The molecule has 6 nitrogen and oxygen atoms in total. The Hall–Kier alpha value is -0.670. The van der Waals surface area contributed by atoms with E-state index in [0.717, 1.165) is 16.7 Å². The third-order valence-electron chi connectivity index (χ3n) is 2.71. The first kappa shape index (κ1) is 15.7. The van der Waals surface area contributed by atoms with E-state index in [1.54, 1.807) is 11.9 Å². The summed E-state index contributed by atoms with van der Waals surface area (Å²) < 4.78 is 3.97. The van der Waals surface area contributed by atoms with E-state index >= 15 is 0 Å². The monoisotopic (exact) mass is 467 g/mol. The van der Waals surface area contributed by atoms with Crippen LogP contribution in [0.3, 0.4) is 0 Å². The van der Waals surface area contributed by atoms with Crippen LogP contribution in [0.4, 0.5) is 0 Å². The lowest BCUT2D eigenvalue weighted by atomic mass is 10.3. The van der Waals surface area contributed by atoms with Crippen LogP contribution in [0.1, 0.15) is 23.1 Å². The zero-order valence-corrected chi connectivity index (χ0v) is 15.6. The van der Waals surface area contributed by atoms with Crippen molar-refractivity contribution in [1.82, 2.24) is 24.9 Å². The number of hydrogen-bond donors (Lipinski definition) is 1. The van der Waals surface area contributed by atoms with Gasteiger partial charge in [-0.2, -0.15) is 10.2 Å². The minimum absolute atomic E-state index is 0.184. The fourth-order valence-corrected chi connectivity index (χ4v) is 2.70. The molecule has 0 saturated heterocycles. The van der Waals surface area contributed by atoms with Crippen LogP contribution in [0, 0.1) is 0 Å². The van der Waals surface area contributed by atoms with Gasteiger partial charge in [-0.05, 0) is 54.7 Å². The van der Waals surface area contributed by atoms with Gasteiger partial charge < -0.3 is 4.90 Å². The van der Waals surface area contributed by atoms with E-state index < -0.39 is 0 Å². The molecule has 20 heavy (non-hydrogen) atoms. The standard InChI is InChI=1S/C11H12Br3N5O/c1-3-19-4-6(12)7(17-19)5-18(2)11(20)9-8(13)10(14)16-15-9/h4H,3,5H2,1-2H3,(H,15,16). The van der Waals surface area contributed by atoms with Crippen LogP contribution in [-0.2, 0) is 13.1 Å². The van der Waals surface area contributed by atoms with E-state index in [-0.39, 0.29) is 5.91 Å². The molecular formula is C11H12Br3N5O. The molecule has 9 heteroatoms. The minimum Gasteiger partial charge on any atom is -0.334 e. The maximum Gasteiger partial charge on any atom is 0.275 e. The van der Waals surface area contributed by atoms with E-state index in [2.05, 4.69) is 63.1 Å². The molecule has 0 fully saturated rings. The van der Waals surface area contributed by atoms with Crippen molar-refractivity contribution in [3.8, 4) is 0 Å². The second kappa shape index (κ2) is 6.40. The minimum atomic E-state index is -0.184. The number of nitrogens with one attached hydrogen (secondary N) is 1. The first-order chi connectivity index (χ1) is 9.43. The predicted molar refractivity (Wildman–Crippen MR) is 85.4 cm³/mol. The molecular weight excluding hydrogens is 458 g/mol. The molecule has 2 heterocycles. The SMILES string of the molecule is CCn1cc(Br)c(CN(C)C(=O)c2n[nH]c(Br)c2Br)n1. The molecule has 0 spiro atoms. The average Bonchev–Trinajstić information content (AvgIpc) is 2.94. The Labute approximate surface area is 141 Å². The number of carbonyl (C=O) groups excluding carboxylic acids is 1. The van der Waals surface area contributed by atoms with Crippen molar-refractivity contribution in [2.75, 3.05) is 7.05 Å². The number of aromatic amines is 1. The van der Waals surface area contributed by atoms with Crippen molar-refractivity contribution in [2.45, 2.75) is 20.0 Å². The summed E-state index contributed by atoms with van der Waals surface area (Å²) in [6.07, 6.45) is 1.90. The summed E-state index contributed by atoms with van der Waals surface area (Å²) in [5.74, 6) is -0.184. The Morgan fingerprint density at radius 3 is 2.65 bits per heavy atom. The van der Waals surface area contributed by atoms with Gasteiger partial charge in [0.1, 0.15) is 4.60 Å². The van der Waals surface area contributed by atoms with Crippen LogP contribution >= 0.6 is 47.8 Å². The molecule has 0 aliphatic carbocycles. The highest BCUT2D eigenvalue weighted by atomic mass is 79.9. The normalized spacial score (nSPS) is 10.8. The van der Waals surface area contributed by atoms with Crippen LogP contribution in [0.25, 0.3) is 0 Å². The number of rotatable bonds is 4. The summed E-state index contributed by atoms with van der Waals surface area (Å²) in [6, 6.07) is 0. The third-order valence-corrected chi connectivity index (χ3v) is 5.25. The first-order valence-corrected chi connectivity index (χ1v) is 8.18. The van der Waals surface area contributed by atoms with Gasteiger partial charge in [0.05, 0.1) is 21.2 Å². The molecule has 0 aliphatic rings. The molecule has 0 atom stereocenters. The van der Waals surface area contributed by atoms with Crippen molar-refractivity contribution in [3.05, 3.63) is 31.1 Å². The summed E-state index contributed by atoms with van der Waals surface area (Å²) in [7, 11) is 1.72. The number of aromatic nitrogens is 4.